The number of ketones is 1. The van der Waals surface area contributed by atoms with Crippen molar-refractivity contribution in [2.75, 3.05) is 11.9 Å². The van der Waals surface area contributed by atoms with E-state index in [1.165, 1.54) is 11.1 Å². The zero-order valence-corrected chi connectivity index (χ0v) is 32.1. The van der Waals surface area contributed by atoms with Gasteiger partial charge >= 0.3 is 0 Å². The lowest BCUT2D eigenvalue weighted by molar-refractivity contribution is -0.145. The molecule has 0 spiro atoms. The number of amides is 4. The van der Waals surface area contributed by atoms with E-state index < -0.39 is 59.2 Å². The molecule has 5 atom stereocenters. The van der Waals surface area contributed by atoms with Crippen LogP contribution in [-0.2, 0) is 24.0 Å². The minimum absolute atomic E-state index is 0.00972. The highest BCUT2D eigenvalue weighted by molar-refractivity contribution is 6.38. The second-order valence-corrected chi connectivity index (χ2v) is 16.8. The monoisotopic (exact) mass is 764 g/mol. The summed E-state index contributed by atoms with van der Waals surface area (Å²) in [6, 6.07) is 1.14. The van der Waals surface area contributed by atoms with Gasteiger partial charge in [-0.1, -0.05) is 70.9 Å². The van der Waals surface area contributed by atoms with E-state index in [-0.39, 0.29) is 42.6 Å². The number of aromatic nitrogens is 3. The van der Waals surface area contributed by atoms with Crippen LogP contribution in [0.2, 0.25) is 5.02 Å². The van der Waals surface area contributed by atoms with Crippen LogP contribution in [0.4, 0.5) is 5.95 Å². The number of pyridine rings is 1. The first-order valence-corrected chi connectivity index (χ1v) is 19.8. The molecule has 54 heavy (non-hydrogen) atoms. The summed E-state index contributed by atoms with van der Waals surface area (Å²) in [6.07, 6.45) is 13.8. The van der Waals surface area contributed by atoms with E-state index in [2.05, 4.69) is 36.2 Å². The largest absolute Gasteiger partial charge is 0.472 e. The Balaban J connectivity index is 1.24. The molecule has 1 aliphatic heterocycles. The van der Waals surface area contributed by atoms with Gasteiger partial charge < -0.3 is 30.9 Å². The van der Waals surface area contributed by atoms with Gasteiger partial charge in [0.2, 0.25) is 35.3 Å². The topological polar surface area (TPSA) is 185 Å². The molecule has 4 aliphatic rings. The predicted molar refractivity (Wildman–Crippen MR) is 201 cm³/mol. The van der Waals surface area contributed by atoms with Crippen LogP contribution in [0.1, 0.15) is 97.8 Å². The molecule has 0 radical (unpaired) electrons. The van der Waals surface area contributed by atoms with Gasteiger partial charge in [0.1, 0.15) is 24.2 Å². The van der Waals surface area contributed by atoms with Gasteiger partial charge in [0, 0.05) is 37.1 Å². The maximum absolute atomic E-state index is 14.8. The molecular formula is C39H53ClN8O6. The summed E-state index contributed by atoms with van der Waals surface area (Å²) in [5, 5.41) is 12.4. The fraction of sp³-hybridized carbons (Fsp3) is 0.641. The Morgan fingerprint density at radius 3 is 2.26 bits per heavy atom. The third-order valence-corrected chi connectivity index (χ3v) is 11.3. The molecule has 6 rings (SSSR count). The van der Waals surface area contributed by atoms with Gasteiger partial charge in [0.15, 0.2) is 0 Å². The van der Waals surface area contributed by atoms with E-state index in [9.17, 15) is 24.0 Å². The van der Waals surface area contributed by atoms with Crippen molar-refractivity contribution in [3.05, 3.63) is 41.8 Å². The molecule has 2 unspecified atom stereocenters. The van der Waals surface area contributed by atoms with Crippen LogP contribution in [0.5, 0.6) is 5.88 Å². The van der Waals surface area contributed by atoms with Gasteiger partial charge in [-0.15, -0.1) is 0 Å². The molecule has 292 valence electrons. The van der Waals surface area contributed by atoms with E-state index in [1.54, 1.807) is 30.6 Å². The van der Waals surface area contributed by atoms with Gasteiger partial charge in [-0.2, -0.15) is 0 Å². The van der Waals surface area contributed by atoms with Crippen LogP contribution in [0.25, 0.3) is 0 Å². The molecule has 3 heterocycles. The number of hydrogen-bond donors (Lipinski definition) is 4. The lowest BCUT2D eigenvalue weighted by Crippen LogP contribution is -2.61. The SMILES string of the molecule is CC(C)(C)[C@@H](NC(=O)[C@@H](Nc1ncccn1)C1CCCCC1)C(=O)N1C[C@H](Oc2ccc(Cl)cn2)CC1C(=O)NC(CC1CCC1)C(=O)C(=O)NC1CC1. The summed E-state index contributed by atoms with van der Waals surface area (Å²) in [5.41, 5.74) is -0.769. The quantitative estimate of drug-likeness (QED) is 0.194. The Kier molecular flexibility index (Phi) is 12.7. The lowest BCUT2D eigenvalue weighted by Gasteiger charge is -2.37. The van der Waals surface area contributed by atoms with Crippen molar-refractivity contribution >= 4 is 47.0 Å². The van der Waals surface area contributed by atoms with E-state index in [1.807, 2.05) is 20.8 Å². The van der Waals surface area contributed by atoms with E-state index in [4.69, 9.17) is 16.3 Å². The summed E-state index contributed by atoms with van der Waals surface area (Å²) < 4.78 is 6.17. The second-order valence-electron chi connectivity index (χ2n) is 16.4. The van der Waals surface area contributed by atoms with Crippen LogP contribution in [0, 0.1) is 17.3 Å². The molecule has 2 aromatic heterocycles. The first-order valence-electron chi connectivity index (χ1n) is 19.4. The van der Waals surface area contributed by atoms with Crippen molar-refractivity contribution in [2.45, 2.75) is 134 Å². The summed E-state index contributed by atoms with van der Waals surface area (Å²) >= 11 is 6.05. The molecule has 4 fully saturated rings. The average molecular weight is 765 g/mol. The van der Waals surface area contributed by atoms with Crippen LogP contribution in [-0.4, -0.2) is 92.1 Å². The van der Waals surface area contributed by atoms with Crippen molar-refractivity contribution in [1.29, 1.82) is 0 Å². The Morgan fingerprint density at radius 2 is 1.65 bits per heavy atom. The van der Waals surface area contributed by atoms with E-state index >= 15 is 0 Å². The van der Waals surface area contributed by atoms with Gasteiger partial charge in [0.25, 0.3) is 5.91 Å². The normalized spacial score (nSPS) is 22.3. The van der Waals surface area contributed by atoms with Gasteiger partial charge in [-0.05, 0) is 61.5 Å². The number of likely N-dealkylation sites (tertiary alicyclic amines) is 1. The number of rotatable bonds is 15. The van der Waals surface area contributed by atoms with Crippen molar-refractivity contribution in [3.8, 4) is 5.88 Å². The fourth-order valence-corrected chi connectivity index (χ4v) is 7.72. The highest BCUT2D eigenvalue weighted by Gasteiger charge is 2.47. The van der Waals surface area contributed by atoms with Gasteiger partial charge in [0.05, 0.1) is 17.6 Å². The number of carbonyl (C=O) groups excluding carboxylic acids is 5. The van der Waals surface area contributed by atoms with Gasteiger partial charge in [-0.3, -0.25) is 24.0 Å². The number of carbonyl (C=O) groups is 5. The third-order valence-electron chi connectivity index (χ3n) is 11.1. The second kappa shape index (κ2) is 17.4. The molecule has 15 heteroatoms. The van der Waals surface area contributed by atoms with Crippen LogP contribution < -0.4 is 26.0 Å². The first kappa shape index (κ1) is 39.4. The molecule has 3 saturated carbocycles. The zero-order valence-electron chi connectivity index (χ0n) is 31.4. The van der Waals surface area contributed by atoms with Crippen LogP contribution >= 0.6 is 11.6 Å². The molecule has 4 N–H and O–H groups in total. The highest BCUT2D eigenvalue weighted by atomic mass is 35.5. The van der Waals surface area contributed by atoms with Crippen molar-refractivity contribution in [2.24, 2.45) is 17.3 Å². The number of halogens is 1. The molecule has 14 nitrogen and oxygen atoms in total. The van der Waals surface area contributed by atoms with E-state index in [0.29, 0.717) is 17.4 Å². The Hall–Kier alpha value is -4.33. The molecule has 2 aromatic rings. The van der Waals surface area contributed by atoms with Gasteiger partial charge in [-0.25, -0.2) is 15.0 Å². The molecule has 0 aromatic carbocycles. The maximum atomic E-state index is 14.8. The summed E-state index contributed by atoms with van der Waals surface area (Å²) in [7, 11) is 0. The molecule has 0 bridgehead atoms. The Morgan fingerprint density at radius 1 is 0.926 bits per heavy atom. The summed E-state index contributed by atoms with van der Waals surface area (Å²) in [5.74, 6) is -1.93. The molecular weight excluding hydrogens is 712 g/mol. The first-order chi connectivity index (χ1) is 25.9. The van der Waals surface area contributed by atoms with Crippen molar-refractivity contribution in [1.82, 2.24) is 35.8 Å². The molecule has 1 saturated heterocycles. The zero-order chi connectivity index (χ0) is 38.4. The number of nitrogens with zero attached hydrogens (tertiary/aromatic N) is 4. The highest BCUT2D eigenvalue weighted by Crippen LogP contribution is 2.33. The van der Waals surface area contributed by atoms with Crippen molar-refractivity contribution in [3.63, 3.8) is 0 Å². The average Bonchev–Trinajstić information content (AvgIpc) is 3.86. The standard InChI is InChI=1S/C39H53ClN8O6/c1-39(2,3)33(47-35(51)31(24-11-5-4-6-12-24)46-38-41-17-8-18-42-38)37(53)48-22-27(54-30-16-13-25(40)21-43-30)20-29(48)34(50)45-28(19-23-9-7-10-23)32(49)36(52)44-26-14-15-26/h8,13,16-18,21,23-24,26-29,31,33H,4-7,9-12,14-15,19-20,22H2,1-3H3,(H,44,52)(H,45,50)(H,47,51)(H,41,42,46)/t27-,28?,29?,31+,33+/m1/s1. The maximum Gasteiger partial charge on any atom is 0.289 e. The smallest absolute Gasteiger partial charge is 0.289 e. The third kappa shape index (κ3) is 10.2. The number of hydrogen-bond acceptors (Lipinski definition) is 10. The molecule has 4 amide bonds. The lowest BCUT2D eigenvalue weighted by atomic mass is 9.80. The summed E-state index contributed by atoms with van der Waals surface area (Å²) in [4.78, 5) is 84.0. The number of anilines is 1. The Bertz CT molecular complexity index is 1640. The molecule has 3 aliphatic carbocycles. The van der Waals surface area contributed by atoms with Crippen LogP contribution in [0.15, 0.2) is 36.8 Å². The van der Waals surface area contributed by atoms with Crippen LogP contribution in [0.3, 0.4) is 0 Å². The van der Waals surface area contributed by atoms with E-state index in [0.717, 1.165) is 64.2 Å². The predicted octanol–water partition coefficient (Wildman–Crippen LogP) is 3.99. The van der Waals surface area contributed by atoms with Crippen molar-refractivity contribution < 1.29 is 28.7 Å². The minimum atomic E-state index is -1.05. The number of nitrogens with one attached hydrogen (secondary N) is 4. The fourth-order valence-electron chi connectivity index (χ4n) is 7.61. The number of ether oxygens (including phenoxy) is 1. The minimum Gasteiger partial charge on any atom is -0.472 e. The summed E-state index contributed by atoms with van der Waals surface area (Å²) in [6.45, 7) is 5.61. The number of Topliss-reactive ketones (excluding diaryl/α,β-unsaturated/α-hetero) is 1. The Labute approximate surface area is 321 Å².